The molecule has 6 heteroatoms. The third-order valence-electron chi connectivity index (χ3n) is 2.21. The van der Waals surface area contributed by atoms with E-state index in [0.29, 0.717) is 0 Å². The van der Waals surface area contributed by atoms with Gasteiger partial charge in [-0.05, 0) is 6.08 Å². The molecule has 0 aromatic carbocycles. The van der Waals surface area contributed by atoms with Crippen LogP contribution in [0.4, 0.5) is 0 Å². The summed E-state index contributed by atoms with van der Waals surface area (Å²) in [5.41, 5.74) is 5.84. The van der Waals surface area contributed by atoms with Crippen molar-refractivity contribution in [3.63, 3.8) is 0 Å². The van der Waals surface area contributed by atoms with Gasteiger partial charge in [0.1, 0.15) is 23.8 Å². The molecule has 0 heterocycles. The maximum atomic E-state index is 8.78. The minimum Gasteiger partial charge on any atom is -0.762 e. The molecule has 0 bridgehead atoms. The Labute approximate surface area is 103 Å². The molecular weight excluding hydrogens is 228 g/mol. The van der Waals surface area contributed by atoms with Crippen molar-refractivity contribution in [3.05, 3.63) is 45.6 Å². The van der Waals surface area contributed by atoms with Crippen LogP contribution in [0, 0.1) is 34.0 Å². The van der Waals surface area contributed by atoms with E-state index in [2.05, 4.69) is 0 Å². The van der Waals surface area contributed by atoms with Crippen molar-refractivity contribution in [1.29, 1.82) is 15.8 Å². The van der Waals surface area contributed by atoms with Gasteiger partial charge >= 0.3 is 0 Å². The molecule has 0 atom stereocenters. The fraction of sp³-hybridized carbons (Fsp3) is 0. The molecule has 0 radical (unpaired) electrons. The van der Waals surface area contributed by atoms with Crippen LogP contribution in [0.3, 0.4) is 0 Å². The van der Waals surface area contributed by atoms with Crippen molar-refractivity contribution >= 4 is 11.6 Å². The first-order chi connectivity index (χ1) is 8.58. The van der Waals surface area contributed by atoms with Gasteiger partial charge in [-0.3, -0.25) is 5.41 Å². The Kier molecular flexibility index (Phi) is 3.59. The molecule has 1 aliphatic rings. The maximum absolute atomic E-state index is 8.78. The molecule has 0 aromatic heterocycles. The lowest BCUT2D eigenvalue weighted by Crippen LogP contribution is -2.41. The largest absolute Gasteiger partial charge is 0.762 e. The zero-order valence-corrected chi connectivity index (χ0v) is 9.10. The highest BCUT2D eigenvalue weighted by molar-refractivity contribution is 6.12. The first-order valence-electron chi connectivity index (χ1n) is 4.63. The fourth-order valence-electron chi connectivity index (χ4n) is 1.36. The van der Waals surface area contributed by atoms with E-state index in [9.17, 15) is 0 Å². The predicted octanol–water partition coefficient (Wildman–Crippen LogP) is -0.998. The third kappa shape index (κ3) is 2.08. The monoisotopic (exact) mass is 234 g/mol. The highest BCUT2D eigenvalue weighted by Crippen LogP contribution is 2.22. The lowest BCUT2D eigenvalue weighted by Gasteiger charge is -2.11. The van der Waals surface area contributed by atoms with E-state index in [1.165, 1.54) is 12.2 Å². The van der Waals surface area contributed by atoms with Crippen LogP contribution < -0.4 is 11.1 Å². The van der Waals surface area contributed by atoms with E-state index in [1.807, 2.05) is 0 Å². The van der Waals surface area contributed by atoms with Crippen LogP contribution in [0.25, 0.3) is 5.41 Å². The van der Waals surface area contributed by atoms with Crippen LogP contribution in [0.15, 0.2) is 40.1 Å². The molecule has 0 spiro atoms. The summed E-state index contributed by atoms with van der Waals surface area (Å²) in [5, 5.41) is 40.8. The van der Waals surface area contributed by atoms with Gasteiger partial charge in [0.15, 0.2) is 0 Å². The highest BCUT2D eigenvalue weighted by Gasteiger charge is 2.22. The standard InChI is InChI=1S/C12H5N6/c13-3-7(4-14)9-1-10(8(5-15)6-16)12(18)2-11(9)17/h1-2,17H,18H2/q-1/p+1. The van der Waals surface area contributed by atoms with Crippen molar-refractivity contribution in [2.45, 2.75) is 0 Å². The first-order valence-corrected chi connectivity index (χ1v) is 4.63. The van der Waals surface area contributed by atoms with Crippen LogP contribution in [0.1, 0.15) is 0 Å². The zero-order chi connectivity index (χ0) is 13.7. The molecule has 0 amide bonds. The number of hydrogen-bond acceptors (Lipinski definition) is 4. The lowest BCUT2D eigenvalue weighted by atomic mass is 9.91. The molecular formula is C12H6N6. The summed E-state index contributed by atoms with van der Waals surface area (Å²) in [4.78, 5) is 0. The minimum atomic E-state index is -0.205. The smallest absolute Gasteiger partial charge is 0.207 e. The lowest BCUT2D eigenvalue weighted by molar-refractivity contribution is -0.111. The molecule has 4 N–H and O–H groups in total. The van der Waals surface area contributed by atoms with Crippen molar-refractivity contribution in [2.75, 3.05) is 0 Å². The Morgan fingerprint density at radius 3 is 2.22 bits per heavy atom. The minimum absolute atomic E-state index is 0.143. The Hall–Kier alpha value is -3.39. The van der Waals surface area contributed by atoms with E-state index >= 15 is 0 Å². The Morgan fingerprint density at radius 1 is 1.17 bits per heavy atom. The molecule has 0 saturated heterocycles. The van der Waals surface area contributed by atoms with Crippen molar-refractivity contribution in [2.24, 2.45) is 5.73 Å². The zero-order valence-electron chi connectivity index (χ0n) is 9.10. The molecule has 0 aromatic rings. The van der Waals surface area contributed by atoms with Crippen molar-refractivity contribution in [3.8, 4) is 18.2 Å². The summed E-state index contributed by atoms with van der Waals surface area (Å²) in [6, 6.07) is 5.07. The molecule has 1 aliphatic carbocycles. The second-order valence-corrected chi connectivity index (χ2v) is 3.22. The summed E-state index contributed by atoms with van der Waals surface area (Å²) in [7, 11) is 0. The molecule has 84 valence electrons. The number of allylic oxidation sites excluding steroid dienone is 5. The summed E-state index contributed by atoms with van der Waals surface area (Å²) in [6.45, 7) is 0. The third-order valence-corrected chi connectivity index (χ3v) is 2.21. The van der Waals surface area contributed by atoms with Crippen molar-refractivity contribution < 1.29 is 5.41 Å². The summed E-state index contributed by atoms with van der Waals surface area (Å²) >= 11 is 0. The average molecular weight is 234 g/mol. The van der Waals surface area contributed by atoms with Crippen LogP contribution in [-0.2, 0) is 0 Å². The second-order valence-electron chi connectivity index (χ2n) is 3.22. The average Bonchev–Trinajstić information content (AvgIpc) is 2.36. The number of nitriles is 3. The van der Waals surface area contributed by atoms with E-state index in [4.69, 9.17) is 32.3 Å². The van der Waals surface area contributed by atoms with Crippen LogP contribution in [0.5, 0.6) is 0 Å². The van der Waals surface area contributed by atoms with Gasteiger partial charge in [0.05, 0.1) is 11.1 Å². The summed E-state index contributed by atoms with van der Waals surface area (Å²) in [5.74, 6) is 1.69. The Morgan fingerprint density at radius 2 is 1.78 bits per heavy atom. The van der Waals surface area contributed by atoms with Gasteiger partial charge in [-0.2, -0.15) is 15.8 Å². The van der Waals surface area contributed by atoms with Gasteiger partial charge in [-0.15, -0.1) is 0 Å². The first kappa shape index (κ1) is 12.7. The van der Waals surface area contributed by atoms with E-state index in [1.54, 1.807) is 24.1 Å². The number of hydrogen-bond donors (Lipinski definition) is 2. The van der Waals surface area contributed by atoms with Gasteiger partial charge in [0, 0.05) is 17.3 Å². The van der Waals surface area contributed by atoms with Crippen LogP contribution in [-0.4, -0.2) is 11.6 Å². The van der Waals surface area contributed by atoms with E-state index in [0.717, 1.165) is 0 Å². The molecule has 6 nitrogen and oxygen atoms in total. The summed E-state index contributed by atoms with van der Waals surface area (Å²) in [6.07, 6.45) is 2.61. The molecule has 18 heavy (non-hydrogen) atoms. The molecule has 1 rings (SSSR count). The number of nitrogens with two attached hydrogens (primary N) is 2. The van der Waals surface area contributed by atoms with Gasteiger partial charge in [0.2, 0.25) is 5.71 Å². The molecule has 0 saturated carbocycles. The highest BCUT2D eigenvalue weighted by atomic mass is 14.6. The number of rotatable bonds is 1. The van der Waals surface area contributed by atoms with E-state index in [-0.39, 0.29) is 33.7 Å². The van der Waals surface area contributed by atoms with Gasteiger partial charge in [-0.1, -0.05) is 0 Å². The molecule has 0 unspecified atom stereocenters. The van der Waals surface area contributed by atoms with Gasteiger partial charge < -0.3 is 11.1 Å². The Balaban J connectivity index is 3.57. The van der Waals surface area contributed by atoms with E-state index < -0.39 is 0 Å². The second kappa shape index (κ2) is 5.09. The molecule has 0 fully saturated rings. The Bertz CT molecular complexity index is 674. The molecule has 0 aliphatic heterocycles. The fourth-order valence-corrected chi connectivity index (χ4v) is 1.36. The van der Waals surface area contributed by atoms with Crippen molar-refractivity contribution in [1.82, 2.24) is 0 Å². The predicted molar refractivity (Wildman–Crippen MR) is 63.0 cm³/mol. The summed E-state index contributed by atoms with van der Waals surface area (Å²) < 4.78 is 0. The SMILES string of the molecule is N#CC(=C=[N-])C1=CC(=C(C#N)C#N)C(N)=CC1=[NH2+]. The van der Waals surface area contributed by atoms with Gasteiger partial charge in [0.25, 0.3) is 0 Å². The maximum Gasteiger partial charge on any atom is 0.207 e. The topological polar surface area (TPSA) is 145 Å². The normalized spacial score (nSPS) is 13.2. The van der Waals surface area contributed by atoms with Gasteiger partial charge in [-0.25, -0.2) is 5.87 Å². The van der Waals surface area contributed by atoms with Crippen LogP contribution in [0.2, 0.25) is 0 Å². The number of nitrogens with zero attached hydrogens (tertiary/aromatic N) is 4. The quantitative estimate of drug-likeness (QED) is 0.442. The van der Waals surface area contributed by atoms with Crippen LogP contribution >= 0.6 is 0 Å².